The number of nitrogens with zero attached hydrogens (tertiary/aromatic N) is 1. The van der Waals surface area contributed by atoms with Gasteiger partial charge in [0.2, 0.25) is 15.8 Å². The second kappa shape index (κ2) is 6.49. The molecule has 0 radical (unpaired) electrons. The summed E-state index contributed by atoms with van der Waals surface area (Å²) < 4.78 is 30.3. The minimum Gasteiger partial charge on any atom is -0.475 e. The summed E-state index contributed by atoms with van der Waals surface area (Å²) in [4.78, 5) is 23.1. The molecule has 138 valence electrons. The van der Waals surface area contributed by atoms with Gasteiger partial charge in [0.05, 0.1) is 18.5 Å². The summed E-state index contributed by atoms with van der Waals surface area (Å²) in [5, 5.41) is 11.5. The highest BCUT2D eigenvalue weighted by atomic mass is 32.2. The van der Waals surface area contributed by atoms with Crippen LogP contribution in [-0.2, 0) is 23.0 Å². The van der Waals surface area contributed by atoms with E-state index in [1.165, 1.54) is 16.4 Å². The van der Waals surface area contributed by atoms with Crippen molar-refractivity contribution in [3.05, 3.63) is 53.0 Å². The predicted molar refractivity (Wildman–Crippen MR) is 93.8 cm³/mol. The van der Waals surface area contributed by atoms with E-state index >= 15 is 0 Å². The minimum absolute atomic E-state index is 0.0507. The Hall–Kier alpha value is -2.81. The summed E-state index contributed by atoms with van der Waals surface area (Å²) in [5.74, 6) is -1.40. The van der Waals surface area contributed by atoms with Crippen LogP contribution in [0.25, 0.3) is 0 Å². The standard InChI is InChI=1S/C17H18N2O6S/c1-10-7-12-8-11(3-5-14(12)19(10)26(2,23)24)16(20)18-9-13-4-6-15(25-13)17(21)22/h3-6,8,10H,7,9H2,1-2H3,(H,18,20)(H,21,22). The lowest BCUT2D eigenvalue weighted by Crippen LogP contribution is -2.34. The summed E-state index contributed by atoms with van der Waals surface area (Å²) in [5.41, 5.74) is 1.78. The Balaban J connectivity index is 1.73. The number of nitrogens with one attached hydrogen (secondary N) is 1. The number of sulfonamides is 1. The molecule has 0 saturated heterocycles. The topological polar surface area (TPSA) is 117 Å². The molecule has 26 heavy (non-hydrogen) atoms. The SMILES string of the molecule is CC1Cc2cc(C(=O)NCc3ccc(C(=O)O)o3)ccc2N1S(C)(=O)=O. The molecule has 0 bridgehead atoms. The van der Waals surface area contributed by atoms with Crippen molar-refractivity contribution in [2.24, 2.45) is 0 Å². The lowest BCUT2D eigenvalue weighted by atomic mass is 10.1. The molecule has 1 amide bonds. The number of furan rings is 1. The van der Waals surface area contributed by atoms with E-state index in [9.17, 15) is 18.0 Å². The molecule has 9 heteroatoms. The number of carboxylic acid groups (broad SMARTS) is 1. The van der Waals surface area contributed by atoms with Gasteiger partial charge in [-0.3, -0.25) is 9.10 Å². The maximum Gasteiger partial charge on any atom is 0.371 e. The number of carbonyl (C=O) groups excluding carboxylic acids is 1. The van der Waals surface area contributed by atoms with Gasteiger partial charge in [-0.25, -0.2) is 13.2 Å². The number of aromatic carboxylic acids is 1. The van der Waals surface area contributed by atoms with Crippen LogP contribution in [0, 0.1) is 0 Å². The van der Waals surface area contributed by atoms with Crippen molar-refractivity contribution >= 4 is 27.6 Å². The number of carboxylic acids is 1. The zero-order valence-corrected chi connectivity index (χ0v) is 15.0. The molecule has 1 atom stereocenters. The molecule has 8 nitrogen and oxygen atoms in total. The van der Waals surface area contributed by atoms with Gasteiger partial charge in [0.25, 0.3) is 5.91 Å². The van der Waals surface area contributed by atoms with Crippen LogP contribution in [0.1, 0.15) is 39.2 Å². The Labute approximate surface area is 150 Å². The Bertz CT molecular complexity index is 979. The largest absolute Gasteiger partial charge is 0.475 e. The van der Waals surface area contributed by atoms with Crippen LogP contribution in [-0.4, -0.2) is 37.7 Å². The fourth-order valence-electron chi connectivity index (χ4n) is 3.11. The summed E-state index contributed by atoms with van der Waals surface area (Å²) in [6, 6.07) is 7.48. The van der Waals surface area contributed by atoms with Gasteiger partial charge < -0.3 is 14.8 Å². The third kappa shape index (κ3) is 3.43. The zero-order chi connectivity index (χ0) is 19.1. The molecule has 2 N–H and O–H groups in total. The molecule has 1 aromatic carbocycles. The van der Waals surface area contributed by atoms with Crippen LogP contribution in [0.2, 0.25) is 0 Å². The van der Waals surface area contributed by atoms with E-state index in [4.69, 9.17) is 9.52 Å². The van der Waals surface area contributed by atoms with Crippen molar-refractivity contribution in [1.29, 1.82) is 0 Å². The third-order valence-corrected chi connectivity index (χ3v) is 5.42. The van der Waals surface area contributed by atoms with Crippen molar-refractivity contribution in [3.8, 4) is 0 Å². The van der Waals surface area contributed by atoms with Crippen molar-refractivity contribution in [1.82, 2.24) is 5.32 Å². The van der Waals surface area contributed by atoms with Crippen LogP contribution in [0.4, 0.5) is 5.69 Å². The van der Waals surface area contributed by atoms with E-state index in [0.717, 1.165) is 11.8 Å². The molecule has 3 rings (SSSR count). The van der Waals surface area contributed by atoms with Crippen molar-refractivity contribution in [2.45, 2.75) is 25.9 Å². The first-order chi connectivity index (χ1) is 12.2. The molecule has 1 aliphatic heterocycles. The molecule has 2 aromatic rings. The lowest BCUT2D eigenvalue weighted by Gasteiger charge is -2.21. The fourth-order valence-corrected chi connectivity index (χ4v) is 4.37. The molecule has 1 aliphatic rings. The number of fused-ring (bicyclic) bond motifs is 1. The first-order valence-electron chi connectivity index (χ1n) is 7.89. The normalized spacial score (nSPS) is 16.4. The van der Waals surface area contributed by atoms with Gasteiger partial charge in [-0.2, -0.15) is 0 Å². The quantitative estimate of drug-likeness (QED) is 0.816. The van der Waals surface area contributed by atoms with Crippen LogP contribution in [0.15, 0.2) is 34.7 Å². The van der Waals surface area contributed by atoms with E-state index in [1.54, 1.807) is 18.2 Å². The highest BCUT2D eigenvalue weighted by Crippen LogP contribution is 2.34. The number of hydrogen-bond donors (Lipinski definition) is 2. The maximum atomic E-state index is 12.3. The Kier molecular flexibility index (Phi) is 4.49. The van der Waals surface area contributed by atoms with Crippen LogP contribution in [0.3, 0.4) is 0 Å². The van der Waals surface area contributed by atoms with Crippen LogP contribution in [0.5, 0.6) is 0 Å². The number of amides is 1. The second-order valence-electron chi connectivity index (χ2n) is 6.21. The van der Waals surface area contributed by atoms with Gasteiger partial charge in [0.1, 0.15) is 5.76 Å². The Morgan fingerprint density at radius 2 is 2.04 bits per heavy atom. The van der Waals surface area contributed by atoms with Gasteiger partial charge in [-0.15, -0.1) is 0 Å². The fraction of sp³-hybridized carbons (Fsp3) is 0.294. The van der Waals surface area contributed by atoms with E-state index < -0.39 is 16.0 Å². The van der Waals surface area contributed by atoms with E-state index in [-0.39, 0.29) is 24.3 Å². The van der Waals surface area contributed by atoms with Gasteiger partial charge in [-0.1, -0.05) is 0 Å². The molecule has 0 saturated carbocycles. The van der Waals surface area contributed by atoms with Gasteiger partial charge in [-0.05, 0) is 49.2 Å². The predicted octanol–water partition coefficient (Wildman–Crippen LogP) is 1.62. The van der Waals surface area contributed by atoms with Gasteiger partial charge in [0, 0.05) is 11.6 Å². The van der Waals surface area contributed by atoms with E-state index in [0.29, 0.717) is 23.4 Å². The summed E-state index contributed by atoms with van der Waals surface area (Å²) >= 11 is 0. The average molecular weight is 378 g/mol. The molecule has 0 fully saturated rings. The molecule has 1 aromatic heterocycles. The highest BCUT2D eigenvalue weighted by molar-refractivity contribution is 7.92. The summed E-state index contributed by atoms with van der Waals surface area (Å²) in [6.07, 6.45) is 1.69. The first kappa shape index (κ1) is 18.0. The lowest BCUT2D eigenvalue weighted by molar-refractivity contribution is 0.0660. The van der Waals surface area contributed by atoms with Crippen LogP contribution < -0.4 is 9.62 Å². The molecular formula is C17H18N2O6S. The Morgan fingerprint density at radius 3 is 2.65 bits per heavy atom. The van der Waals surface area contributed by atoms with Gasteiger partial charge >= 0.3 is 5.97 Å². The second-order valence-corrected chi connectivity index (χ2v) is 8.07. The highest BCUT2D eigenvalue weighted by Gasteiger charge is 2.32. The van der Waals surface area contributed by atoms with Crippen molar-refractivity contribution in [3.63, 3.8) is 0 Å². The molecule has 1 unspecified atom stereocenters. The monoisotopic (exact) mass is 378 g/mol. The first-order valence-corrected chi connectivity index (χ1v) is 9.74. The van der Waals surface area contributed by atoms with Gasteiger partial charge in [0.15, 0.2) is 0 Å². The van der Waals surface area contributed by atoms with Crippen molar-refractivity contribution < 1.29 is 27.5 Å². The number of rotatable bonds is 5. The molecule has 0 aliphatic carbocycles. The summed E-state index contributed by atoms with van der Waals surface area (Å²) in [6.45, 7) is 1.87. The average Bonchev–Trinajstić information content (AvgIpc) is 3.14. The number of carbonyl (C=O) groups is 2. The molecular weight excluding hydrogens is 360 g/mol. The van der Waals surface area contributed by atoms with Crippen LogP contribution >= 0.6 is 0 Å². The smallest absolute Gasteiger partial charge is 0.371 e. The summed E-state index contributed by atoms with van der Waals surface area (Å²) in [7, 11) is -3.38. The Morgan fingerprint density at radius 1 is 1.31 bits per heavy atom. The zero-order valence-electron chi connectivity index (χ0n) is 14.2. The van der Waals surface area contributed by atoms with Crippen molar-refractivity contribution in [2.75, 3.05) is 10.6 Å². The molecule has 2 heterocycles. The third-order valence-electron chi connectivity index (χ3n) is 4.15. The maximum absolute atomic E-state index is 12.3. The molecule has 0 spiro atoms. The van der Waals surface area contributed by atoms with E-state index in [1.807, 2.05) is 6.92 Å². The number of anilines is 1. The number of benzene rings is 1. The number of hydrogen-bond acceptors (Lipinski definition) is 5. The van der Waals surface area contributed by atoms with E-state index in [2.05, 4.69) is 5.32 Å². The minimum atomic E-state index is -3.38.